The van der Waals surface area contributed by atoms with Crippen LogP contribution in [0.4, 0.5) is 0 Å². The molecule has 0 bridgehead atoms. The van der Waals surface area contributed by atoms with Crippen LogP contribution in [-0.2, 0) is 4.79 Å². The summed E-state index contributed by atoms with van der Waals surface area (Å²) in [4.78, 5) is 17.2. The lowest BCUT2D eigenvalue weighted by atomic mass is 9.84. The van der Waals surface area contributed by atoms with Crippen molar-refractivity contribution in [2.45, 2.75) is 31.3 Å². The van der Waals surface area contributed by atoms with Crippen molar-refractivity contribution in [3.8, 4) is 0 Å². The molecule has 19 heavy (non-hydrogen) atoms. The highest BCUT2D eigenvalue weighted by Crippen LogP contribution is 2.30. The fourth-order valence-electron chi connectivity index (χ4n) is 3.80. The van der Waals surface area contributed by atoms with Gasteiger partial charge in [0.2, 0.25) is 5.91 Å². The van der Waals surface area contributed by atoms with Crippen LogP contribution in [0, 0.1) is 5.92 Å². The molecule has 3 saturated heterocycles. The number of nitrogens with zero attached hydrogens (tertiary/aromatic N) is 2. The standard InChI is InChI=1S/C14H25N3OS/c1-16-6-2-3-11-9-17(7-4-13(11)16)14(18)12-10-19-8-5-15-12/h11-13,15H,2-10H2,1H3. The second-order valence-electron chi connectivity index (χ2n) is 6.10. The average molecular weight is 283 g/mol. The first-order valence-corrected chi connectivity index (χ1v) is 8.71. The van der Waals surface area contributed by atoms with Gasteiger partial charge in [-0.3, -0.25) is 4.79 Å². The molecule has 0 spiro atoms. The van der Waals surface area contributed by atoms with Crippen LogP contribution < -0.4 is 5.32 Å². The maximum Gasteiger partial charge on any atom is 0.240 e. The van der Waals surface area contributed by atoms with Crippen LogP contribution in [0.5, 0.6) is 0 Å². The smallest absolute Gasteiger partial charge is 0.240 e. The molecule has 3 fully saturated rings. The van der Waals surface area contributed by atoms with E-state index in [9.17, 15) is 4.79 Å². The minimum absolute atomic E-state index is 0.0663. The van der Waals surface area contributed by atoms with Crippen molar-refractivity contribution in [2.75, 3.05) is 44.7 Å². The van der Waals surface area contributed by atoms with Gasteiger partial charge in [0, 0.05) is 37.2 Å². The Morgan fingerprint density at radius 2 is 2.21 bits per heavy atom. The number of carbonyl (C=O) groups excluding carboxylic acids is 1. The van der Waals surface area contributed by atoms with Crippen LogP contribution in [0.15, 0.2) is 0 Å². The van der Waals surface area contributed by atoms with Crippen molar-refractivity contribution in [2.24, 2.45) is 5.92 Å². The Morgan fingerprint density at radius 3 is 3.00 bits per heavy atom. The van der Waals surface area contributed by atoms with Gasteiger partial charge in [0.25, 0.3) is 0 Å². The van der Waals surface area contributed by atoms with Gasteiger partial charge in [0.05, 0.1) is 6.04 Å². The van der Waals surface area contributed by atoms with Crippen LogP contribution in [0.3, 0.4) is 0 Å². The van der Waals surface area contributed by atoms with E-state index in [0.717, 1.165) is 37.6 Å². The van der Waals surface area contributed by atoms with E-state index in [-0.39, 0.29) is 6.04 Å². The fourth-order valence-corrected chi connectivity index (χ4v) is 4.72. The Labute approximate surface area is 120 Å². The minimum atomic E-state index is 0.0663. The lowest BCUT2D eigenvalue weighted by Crippen LogP contribution is -2.58. The molecular weight excluding hydrogens is 258 g/mol. The number of thioether (sulfide) groups is 1. The summed E-state index contributed by atoms with van der Waals surface area (Å²) >= 11 is 1.90. The quantitative estimate of drug-likeness (QED) is 0.766. The largest absolute Gasteiger partial charge is 0.341 e. The molecule has 1 N–H and O–H groups in total. The number of amides is 1. The molecule has 0 aliphatic carbocycles. The summed E-state index contributed by atoms with van der Waals surface area (Å²) in [6, 6.07) is 0.781. The van der Waals surface area contributed by atoms with Gasteiger partial charge in [0.15, 0.2) is 0 Å². The summed E-state index contributed by atoms with van der Waals surface area (Å²) in [6.45, 7) is 4.14. The highest BCUT2D eigenvalue weighted by Gasteiger charge is 2.37. The van der Waals surface area contributed by atoms with Crippen LogP contribution >= 0.6 is 11.8 Å². The molecule has 4 nitrogen and oxygen atoms in total. The first-order chi connectivity index (χ1) is 9.25. The predicted molar refractivity (Wildman–Crippen MR) is 79.5 cm³/mol. The molecule has 108 valence electrons. The number of nitrogens with one attached hydrogen (secondary N) is 1. The Hall–Kier alpha value is -0.260. The number of hydrogen-bond donors (Lipinski definition) is 1. The maximum absolute atomic E-state index is 12.5. The summed E-state index contributed by atoms with van der Waals surface area (Å²) in [5.74, 6) is 3.13. The third-order valence-electron chi connectivity index (χ3n) is 4.88. The first-order valence-electron chi connectivity index (χ1n) is 7.56. The Bertz CT molecular complexity index is 333. The fraction of sp³-hybridized carbons (Fsp3) is 0.929. The first kappa shape index (κ1) is 13.7. The molecule has 0 aromatic heterocycles. The summed E-state index contributed by atoms with van der Waals surface area (Å²) in [5, 5.41) is 3.37. The van der Waals surface area contributed by atoms with Crippen molar-refractivity contribution in [1.82, 2.24) is 15.1 Å². The maximum atomic E-state index is 12.5. The number of hydrogen-bond acceptors (Lipinski definition) is 4. The molecule has 0 aromatic rings. The van der Waals surface area contributed by atoms with Gasteiger partial charge in [0.1, 0.15) is 0 Å². The number of piperidine rings is 2. The third-order valence-corrected chi connectivity index (χ3v) is 5.94. The molecule has 1 amide bonds. The number of fused-ring (bicyclic) bond motifs is 1. The summed E-state index contributed by atoms with van der Waals surface area (Å²) in [5.41, 5.74) is 0. The van der Waals surface area contributed by atoms with E-state index < -0.39 is 0 Å². The van der Waals surface area contributed by atoms with Gasteiger partial charge in [-0.05, 0) is 38.8 Å². The zero-order valence-electron chi connectivity index (χ0n) is 11.8. The predicted octanol–water partition coefficient (Wildman–Crippen LogP) is 0.634. The lowest BCUT2D eigenvalue weighted by Gasteiger charge is -2.46. The van der Waals surface area contributed by atoms with Gasteiger partial charge in [-0.1, -0.05) is 0 Å². The molecule has 5 heteroatoms. The topological polar surface area (TPSA) is 35.6 Å². The highest BCUT2D eigenvalue weighted by molar-refractivity contribution is 7.99. The van der Waals surface area contributed by atoms with E-state index in [1.54, 1.807) is 0 Å². The second kappa shape index (κ2) is 6.02. The van der Waals surface area contributed by atoms with E-state index in [4.69, 9.17) is 0 Å². The lowest BCUT2D eigenvalue weighted by molar-refractivity contribution is -0.136. The zero-order chi connectivity index (χ0) is 13.2. The third kappa shape index (κ3) is 2.93. The van der Waals surface area contributed by atoms with Gasteiger partial charge in [-0.15, -0.1) is 0 Å². The van der Waals surface area contributed by atoms with Crippen LogP contribution in [0.25, 0.3) is 0 Å². The molecule has 3 unspecified atom stereocenters. The summed E-state index contributed by atoms with van der Waals surface area (Å²) < 4.78 is 0. The van der Waals surface area contributed by atoms with Crippen molar-refractivity contribution >= 4 is 17.7 Å². The molecule has 3 rings (SSSR count). The number of likely N-dealkylation sites (tertiary alicyclic amines) is 2. The monoisotopic (exact) mass is 283 g/mol. The van der Waals surface area contributed by atoms with Crippen molar-refractivity contribution in [3.05, 3.63) is 0 Å². The van der Waals surface area contributed by atoms with Gasteiger partial charge in [-0.25, -0.2) is 0 Å². The van der Waals surface area contributed by atoms with Gasteiger partial charge < -0.3 is 15.1 Å². The van der Waals surface area contributed by atoms with Gasteiger partial charge in [-0.2, -0.15) is 11.8 Å². The van der Waals surface area contributed by atoms with E-state index in [1.807, 2.05) is 11.8 Å². The van der Waals surface area contributed by atoms with Crippen LogP contribution in [-0.4, -0.2) is 72.5 Å². The minimum Gasteiger partial charge on any atom is -0.341 e. The molecule has 0 saturated carbocycles. The van der Waals surface area contributed by atoms with E-state index in [1.165, 1.54) is 19.4 Å². The zero-order valence-corrected chi connectivity index (χ0v) is 12.6. The summed E-state index contributed by atoms with van der Waals surface area (Å²) in [6.07, 6.45) is 3.75. The molecule has 3 atom stereocenters. The van der Waals surface area contributed by atoms with Crippen LogP contribution in [0.1, 0.15) is 19.3 Å². The molecule has 3 aliphatic heterocycles. The van der Waals surface area contributed by atoms with Crippen LogP contribution in [0.2, 0.25) is 0 Å². The normalized spacial score (nSPS) is 36.9. The second-order valence-corrected chi connectivity index (χ2v) is 7.25. The number of carbonyl (C=O) groups is 1. The Kier molecular flexibility index (Phi) is 4.34. The molecule has 3 aliphatic rings. The average Bonchev–Trinajstić information content (AvgIpc) is 2.47. The molecule has 3 heterocycles. The van der Waals surface area contributed by atoms with Crippen molar-refractivity contribution in [1.29, 1.82) is 0 Å². The molecular formula is C14H25N3OS. The summed E-state index contributed by atoms with van der Waals surface area (Å²) in [7, 11) is 2.24. The van der Waals surface area contributed by atoms with E-state index in [0.29, 0.717) is 17.9 Å². The molecule has 0 aromatic carbocycles. The highest BCUT2D eigenvalue weighted by atomic mass is 32.2. The van der Waals surface area contributed by atoms with E-state index in [2.05, 4.69) is 22.2 Å². The number of rotatable bonds is 1. The Balaban J connectivity index is 1.59. The van der Waals surface area contributed by atoms with E-state index >= 15 is 0 Å². The van der Waals surface area contributed by atoms with Gasteiger partial charge >= 0.3 is 0 Å². The van der Waals surface area contributed by atoms with Crippen molar-refractivity contribution in [3.63, 3.8) is 0 Å². The molecule has 0 radical (unpaired) electrons. The van der Waals surface area contributed by atoms with Crippen molar-refractivity contribution < 1.29 is 4.79 Å². The Morgan fingerprint density at radius 1 is 1.32 bits per heavy atom. The SMILES string of the molecule is CN1CCCC2CN(C(=O)C3CSCCN3)CCC21.